The number of fused-ring (bicyclic) bond motifs is 1. The summed E-state index contributed by atoms with van der Waals surface area (Å²) >= 11 is 1.70. The molecule has 0 saturated carbocycles. The third kappa shape index (κ3) is 4.09. The summed E-state index contributed by atoms with van der Waals surface area (Å²) in [6, 6.07) is 14.2. The van der Waals surface area contributed by atoms with Gasteiger partial charge in [0.05, 0.1) is 16.3 Å². The average Bonchev–Trinajstić information content (AvgIpc) is 3.11. The van der Waals surface area contributed by atoms with E-state index in [1.54, 1.807) is 11.3 Å². The first kappa shape index (κ1) is 19.1. The molecule has 1 fully saturated rings. The Labute approximate surface area is 170 Å². The van der Waals surface area contributed by atoms with Crippen molar-refractivity contribution in [1.29, 1.82) is 0 Å². The van der Waals surface area contributed by atoms with E-state index < -0.39 is 0 Å². The lowest BCUT2D eigenvalue weighted by Crippen LogP contribution is -2.51. The maximum absolute atomic E-state index is 12.6. The van der Waals surface area contributed by atoms with Crippen molar-refractivity contribution in [2.24, 2.45) is 0 Å². The Bertz CT molecular complexity index is 974. The number of carbonyl (C=O) groups excluding carboxylic acids is 1. The Morgan fingerprint density at radius 3 is 2.54 bits per heavy atom. The molecule has 0 radical (unpaired) electrons. The van der Waals surface area contributed by atoms with Crippen LogP contribution >= 0.6 is 11.3 Å². The third-order valence-electron chi connectivity index (χ3n) is 5.41. The first-order valence-electron chi connectivity index (χ1n) is 9.71. The number of anilines is 1. The van der Waals surface area contributed by atoms with E-state index in [-0.39, 0.29) is 11.9 Å². The molecule has 4 rings (SSSR count). The van der Waals surface area contributed by atoms with Gasteiger partial charge in [-0.05, 0) is 62.9 Å². The van der Waals surface area contributed by atoms with E-state index in [0.29, 0.717) is 0 Å². The molecule has 6 heteroatoms. The van der Waals surface area contributed by atoms with Crippen molar-refractivity contribution in [3.8, 4) is 10.6 Å². The van der Waals surface area contributed by atoms with E-state index in [1.165, 1.54) is 10.3 Å². The van der Waals surface area contributed by atoms with Crippen LogP contribution < -0.4 is 5.32 Å². The molecule has 0 aliphatic carbocycles. The molecule has 1 amide bonds. The second-order valence-corrected chi connectivity index (χ2v) is 8.60. The fourth-order valence-electron chi connectivity index (χ4n) is 3.47. The molecule has 0 bridgehead atoms. The topological polar surface area (TPSA) is 48.5 Å². The van der Waals surface area contributed by atoms with Gasteiger partial charge in [-0.1, -0.05) is 6.07 Å². The quantitative estimate of drug-likeness (QED) is 0.730. The van der Waals surface area contributed by atoms with Crippen molar-refractivity contribution in [1.82, 2.24) is 14.8 Å². The van der Waals surface area contributed by atoms with Crippen LogP contribution in [0.15, 0.2) is 42.5 Å². The predicted molar refractivity (Wildman–Crippen MR) is 117 cm³/mol. The standard InChI is InChI=1S/C22H26N4OS/c1-15-4-9-19-20(14-15)28-22(24-19)17-5-7-18(8-6-17)23-21(27)16(2)26-12-10-25(3)11-13-26/h4-9,14,16H,10-13H2,1-3H3,(H,23,27)/t16-/m0/s1. The zero-order valence-electron chi connectivity index (χ0n) is 16.6. The molecule has 1 aliphatic rings. The summed E-state index contributed by atoms with van der Waals surface area (Å²) < 4.78 is 1.20. The Morgan fingerprint density at radius 2 is 1.82 bits per heavy atom. The monoisotopic (exact) mass is 394 g/mol. The highest BCUT2D eigenvalue weighted by molar-refractivity contribution is 7.21. The highest BCUT2D eigenvalue weighted by Gasteiger charge is 2.24. The van der Waals surface area contributed by atoms with E-state index in [1.807, 2.05) is 31.2 Å². The molecular formula is C22H26N4OS. The van der Waals surface area contributed by atoms with Gasteiger partial charge in [0, 0.05) is 37.4 Å². The molecule has 1 atom stereocenters. The first-order chi connectivity index (χ1) is 13.5. The van der Waals surface area contributed by atoms with Crippen LogP contribution in [-0.4, -0.2) is 60.0 Å². The molecule has 2 aromatic carbocycles. The summed E-state index contributed by atoms with van der Waals surface area (Å²) in [5.74, 6) is 0.0489. The van der Waals surface area contributed by atoms with E-state index in [4.69, 9.17) is 4.98 Å². The fraction of sp³-hybridized carbons (Fsp3) is 0.364. The molecule has 28 heavy (non-hydrogen) atoms. The molecule has 1 N–H and O–H groups in total. The van der Waals surface area contributed by atoms with E-state index in [0.717, 1.165) is 48.0 Å². The van der Waals surface area contributed by atoms with Crippen molar-refractivity contribution >= 4 is 33.1 Å². The number of benzene rings is 2. The van der Waals surface area contributed by atoms with Crippen LogP contribution in [0.4, 0.5) is 5.69 Å². The first-order valence-corrected chi connectivity index (χ1v) is 10.5. The number of rotatable bonds is 4. The fourth-order valence-corrected chi connectivity index (χ4v) is 4.54. The Balaban J connectivity index is 1.43. The number of carbonyl (C=O) groups is 1. The minimum atomic E-state index is -0.124. The summed E-state index contributed by atoms with van der Waals surface area (Å²) in [6.45, 7) is 7.96. The minimum Gasteiger partial charge on any atom is -0.325 e. The Kier molecular flexibility index (Phi) is 5.44. The van der Waals surface area contributed by atoms with E-state index in [9.17, 15) is 4.79 Å². The van der Waals surface area contributed by atoms with E-state index >= 15 is 0 Å². The number of nitrogens with zero attached hydrogens (tertiary/aromatic N) is 3. The SMILES string of the molecule is Cc1ccc2nc(-c3ccc(NC(=O)[C@H](C)N4CCN(C)CC4)cc3)sc2c1. The molecule has 3 aromatic rings. The Morgan fingerprint density at radius 1 is 1.11 bits per heavy atom. The van der Waals surface area contributed by atoms with Gasteiger partial charge in [-0.15, -0.1) is 11.3 Å². The maximum Gasteiger partial charge on any atom is 0.241 e. The van der Waals surface area contributed by atoms with Gasteiger partial charge >= 0.3 is 0 Å². The summed E-state index contributed by atoms with van der Waals surface area (Å²) in [5, 5.41) is 4.06. The number of hydrogen-bond acceptors (Lipinski definition) is 5. The van der Waals surface area contributed by atoms with Crippen molar-refractivity contribution < 1.29 is 4.79 Å². The van der Waals surface area contributed by atoms with Gasteiger partial charge in [-0.3, -0.25) is 9.69 Å². The summed E-state index contributed by atoms with van der Waals surface area (Å²) in [7, 11) is 2.12. The van der Waals surface area contributed by atoms with Crippen molar-refractivity contribution in [2.75, 3.05) is 38.5 Å². The number of thiazole rings is 1. The Hall–Kier alpha value is -2.28. The van der Waals surface area contributed by atoms with Crippen molar-refractivity contribution in [3.63, 3.8) is 0 Å². The zero-order valence-corrected chi connectivity index (χ0v) is 17.4. The molecule has 0 unspecified atom stereocenters. The molecule has 146 valence electrons. The molecular weight excluding hydrogens is 368 g/mol. The number of hydrogen-bond donors (Lipinski definition) is 1. The summed E-state index contributed by atoms with van der Waals surface area (Å²) in [4.78, 5) is 21.9. The molecule has 1 saturated heterocycles. The summed E-state index contributed by atoms with van der Waals surface area (Å²) in [6.07, 6.45) is 0. The highest BCUT2D eigenvalue weighted by atomic mass is 32.1. The molecule has 2 heterocycles. The molecule has 1 aliphatic heterocycles. The van der Waals surface area contributed by atoms with Gasteiger partial charge in [0.15, 0.2) is 0 Å². The number of nitrogens with one attached hydrogen (secondary N) is 1. The van der Waals surface area contributed by atoms with Crippen LogP contribution in [0.2, 0.25) is 0 Å². The number of aromatic nitrogens is 1. The van der Waals surface area contributed by atoms with Crippen LogP contribution in [0, 0.1) is 6.92 Å². The van der Waals surface area contributed by atoms with Crippen LogP contribution in [-0.2, 0) is 4.79 Å². The molecule has 5 nitrogen and oxygen atoms in total. The number of likely N-dealkylation sites (N-methyl/N-ethyl adjacent to an activating group) is 1. The number of amides is 1. The summed E-state index contributed by atoms with van der Waals surface area (Å²) in [5.41, 5.74) is 4.18. The second-order valence-electron chi connectivity index (χ2n) is 7.57. The van der Waals surface area contributed by atoms with Crippen molar-refractivity contribution in [2.45, 2.75) is 19.9 Å². The third-order valence-corrected chi connectivity index (χ3v) is 6.48. The normalized spacial score (nSPS) is 17.0. The van der Waals surface area contributed by atoms with E-state index in [2.05, 4.69) is 47.3 Å². The van der Waals surface area contributed by atoms with Crippen LogP contribution in [0.5, 0.6) is 0 Å². The zero-order chi connectivity index (χ0) is 19.7. The predicted octanol–water partition coefficient (Wildman–Crippen LogP) is 3.85. The smallest absolute Gasteiger partial charge is 0.241 e. The molecule has 0 spiro atoms. The number of aryl methyl sites for hydroxylation is 1. The second kappa shape index (κ2) is 7.99. The van der Waals surface area contributed by atoms with Crippen LogP contribution in [0.3, 0.4) is 0 Å². The lowest BCUT2D eigenvalue weighted by atomic mass is 10.2. The van der Waals surface area contributed by atoms with Crippen LogP contribution in [0.1, 0.15) is 12.5 Å². The van der Waals surface area contributed by atoms with Gasteiger partial charge in [-0.25, -0.2) is 4.98 Å². The maximum atomic E-state index is 12.6. The average molecular weight is 395 g/mol. The minimum absolute atomic E-state index is 0.0489. The number of piperazine rings is 1. The lowest BCUT2D eigenvalue weighted by Gasteiger charge is -2.35. The van der Waals surface area contributed by atoms with Crippen LogP contribution in [0.25, 0.3) is 20.8 Å². The van der Waals surface area contributed by atoms with Gasteiger partial charge in [-0.2, -0.15) is 0 Å². The van der Waals surface area contributed by atoms with Crippen molar-refractivity contribution in [3.05, 3.63) is 48.0 Å². The lowest BCUT2D eigenvalue weighted by molar-refractivity contribution is -0.121. The largest absolute Gasteiger partial charge is 0.325 e. The van der Waals surface area contributed by atoms with Gasteiger partial charge in [0.2, 0.25) is 5.91 Å². The van der Waals surface area contributed by atoms with Gasteiger partial charge in [0.1, 0.15) is 5.01 Å². The molecule has 1 aromatic heterocycles. The highest BCUT2D eigenvalue weighted by Crippen LogP contribution is 2.31. The van der Waals surface area contributed by atoms with Gasteiger partial charge < -0.3 is 10.2 Å². The van der Waals surface area contributed by atoms with Gasteiger partial charge in [0.25, 0.3) is 0 Å².